The SMILES string of the molecule is N#CC1([C@@](O)(C#Cc2ccc(C(=O)O)cc2)C2CCCC2)CC1. The van der Waals surface area contributed by atoms with Crippen LogP contribution in [0, 0.1) is 34.5 Å². The fraction of sp³-hybridized carbons (Fsp3) is 0.474. The van der Waals surface area contributed by atoms with Gasteiger partial charge in [-0.3, -0.25) is 0 Å². The summed E-state index contributed by atoms with van der Waals surface area (Å²) in [5, 5.41) is 29.6. The number of carbonyl (C=O) groups is 1. The zero-order valence-corrected chi connectivity index (χ0v) is 12.9. The predicted molar refractivity (Wildman–Crippen MR) is 84.5 cm³/mol. The minimum Gasteiger partial charge on any atom is -0.478 e. The number of carboxylic acids is 1. The second-order valence-electron chi connectivity index (χ2n) is 6.57. The lowest BCUT2D eigenvalue weighted by Crippen LogP contribution is -2.44. The van der Waals surface area contributed by atoms with Crippen LogP contribution in [0.1, 0.15) is 54.4 Å². The molecule has 2 aliphatic rings. The smallest absolute Gasteiger partial charge is 0.335 e. The van der Waals surface area contributed by atoms with Crippen molar-refractivity contribution in [3.8, 4) is 17.9 Å². The Morgan fingerprint density at radius 3 is 2.30 bits per heavy atom. The first-order chi connectivity index (χ1) is 11.0. The number of hydrogen-bond donors (Lipinski definition) is 2. The molecule has 0 aliphatic heterocycles. The highest BCUT2D eigenvalue weighted by atomic mass is 16.4. The topological polar surface area (TPSA) is 81.3 Å². The van der Waals surface area contributed by atoms with Gasteiger partial charge in [0.05, 0.1) is 17.0 Å². The third-order valence-corrected chi connectivity index (χ3v) is 5.17. The first kappa shape index (κ1) is 15.6. The van der Waals surface area contributed by atoms with Gasteiger partial charge in [-0.15, -0.1) is 0 Å². The molecule has 1 aromatic carbocycles. The van der Waals surface area contributed by atoms with E-state index in [-0.39, 0.29) is 11.5 Å². The van der Waals surface area contributed by atoms with Crippen LogP contribution in [0.15, 0.2) is 24.3 Å². The number of hydrogen-bond acceptors (Lipinski definition) is 3. The van der Waals surface area contributed by atoms with Crippen LogP contribution in [0.5, 0.6) is 0 Å². The average molecular weight is 309 g/mol. The molecule has 0 spiro atoms. The minimum atomic E-state index is -1.26. The molecule has 2 aliphatic carbocycles. The van der Waals surface area contributed by atoms with Gasteiger partial charge in [0.1, 0.15) is 5.60 Å². The summed E-state index contributed by atoms with van der Waals surface area (Å²) in [5.41, 5.74) is -1.13. The number of aromatic carboxylic acids is 1. The molecule has 0 radical (unpaired) electrons. The van der Waals surface area contributed by atoms with Crippen LogP contribution in [-0.2, 0) is 0 Å². The number of aliphatic hydroxyl groups is 1. The fourth-order valence-electron chi connectivity index (χ4n) is 3.52. The van der Waals surface area contributed by atoms with E-state index in [0.717, 1.165) is 25.7 Å². The summed E-state index contributed by atoms with van der Waals surface area (Å²) in [6.07, 6.45) is 5.36. The van der Waals surface area contributed by atoms with Gasteiger partial charge in [0.15, 0.2) is 0 Å². The molecule has 4 nitrogen and oxygen atoms in total. The molecule has 2 N–H and O–H groups in total. The van der Waals surface area contributed by atoms with Gasteiger partial charge in [-0.05, 0) is 49.9 Å². The molecule has 1 aromatic rings. The molecule has 0 aromatic heterocycles. The van der Waals surface area contributed by atoms with E-state index in [1.807, 2.05) is 0 Å². The third kappa shape index (κ3) is 2.71. The number of nitriles is 1. The Morgan fingerprint density at radius 1 is 1.22 bits per heavy atom. The maximum atomic E-state index is 11.2. The number of benzene rings is 1. The Labute approximate surface area is 135 Å². The van der Waals surface area contributed by atoms with Crippen LogP contribution in [-0.4, -0.2) is 21.8 Å². The van der Waals surface area contributed by atoms with E-state index in [1.165, 1.54) is 12.1 Å². The molecule has 3 rings (SSSR count). The second kappa shape index (κ2) is 5.72. The van der Waals surface area contributed by atoms with Gasteiger partial charge in [0.2, 0.25) is 0 Å². The van der Waals surface area contributed by atoms with E-state index < -0.39 is 17.0 Å². The van der Waals surface area contributed by atoms with Crippen LogP contribution in [0.3, 0.4) is 0 Å². The zero-order valence-electron chi connectivity index (χ0n) is 12.9. The van der Waals surface area contributed by atoms with Crippen LogP contribution < -0.4 is 0 Å². The van der Waals surface area contributed by atoms with Crippen molar-refractivity contribution < 1.29 is 15.0 Å². The second-order valence-corrected chi connectivity index (χ2v) is 6.57. The van der Waals surface area contributed by atoms with Crippen molar-refractivity contribution in [2.75, 3.05) is 0 Å². The van der Waals surface area contributed by atoms with Gasteiger partial charge in [0, 0.05) is 11.5 Å². The Hall–Kier alpha value is -2.30. The van der Waals surface area contributed by atoms with E-state index in [4.69, 9.17) is 5.11 Å². The molecule has 0 heterocycles. The Kier molecular flexibility index (Phi) is 3.88. The molecule has 1 atom stereocenters. The van der Waals surface area contributed by atoms with Gasteiger partial charge in [0.25, 0.3) is 0 Å². The normalized spacial score (nSPS) is 21.6. The maximum Gasteiger partial charge on any atom is 0.335 e. The van der Waals surface area contributed by atoms with Crippen LogP contribution in [0.2, 0.25) is 0 Å². The molecule has 0 bridgehead atoms. The number of rotatable bonds is 3. The number of carboxylic acid groups (broad SMARTS) is 1. The highest BCUT2D eigenvalue weighted by Gasteiger charge is 2.62. The maximum absolute atomic E-state index is 11.2. The van der Waals surface area contributed by atoms with Gasteiger partial charge >= 0.3 is 5.97 Å². The molecule has 2 saturated carbocycles. The largest absolute Gasteiger partial charge is 0.478 e. The lowest BCUT2D eigenvalue weighted by atomic mass is 9.74. The standard InChI is InChI=1S/C19H19NO3/c20-13-18(11-12-18)19(23,16-3-1-2-4-16)10-9-14-5-7-15(8-6-14)17(21)22/h5-8,16,23H,1-4,11-12H2,(H,21,22)/t19-/m1/s1. The molecular formula is C19H19NO3. The van der Waals surface area contributed by atoms with Crippen molar-refractivity contribution in [1.29, 1.82) is 5.26 Å². The summed E-state index contributed by atoms with van der Waals surface area (Å²) < 4.78 is 0. The zero-order chi connectivity index (χ0) is 16.5. The van der Waals surface area contributed by atoms with E-state index in [0.29, 0.717) is 18.4 Å². The summed E-state index contributed by atoms with van der Waals surface area (Å²) in [7, 11) is 0. The summed E-state index contributed by atoms with van der Waals surface area (Å²) in [4.78, 5) is 10.9. The van der Waals surface area contributed by atoms with Crippen LogP contribution in [0.25, 0.3) is 0 Å². The minimum absolute atomic E-state index is 0.0513. The molecule has 4 heteroatoms. The number of nitrogens with zero attached hydrogens (tertiary/aromatic N) is 1. The summed E-state index contributed by atoms with van der Waals surface area (Å²) in [6, 6.07) is 8.57. The van der Waals surface area contributed by atoms with Gasteiger partial charge in [-0.2, -0.15) is 5.26 Å². The fourth-order valence-corrected chi connectivity index (χ4v) is 3.52. The van der Waals surface area contributed by atoms with E-state index in [2.05, 4.69) is 17.9 Å². The molecule has 0 unspecified atom stereocenters. The lowest BCUT2D eigenvalue weighted by molar-refractivity contribution is -0.00659. The molecule has 23 heavy (non-hydrogen) atoms. The predicted octanol–water partition coefficient (Wildman–Crippen LogP) is 2.96. The van der Waals surface area contributed by atoms with Crippen molar-refractivity contribution >= 4 is 5.97 Å². The van der Waals surface area contributed by atoms with Gasteiger partial charge in [-0.1, -0.05) is 24.7 Å². The molecule has 118 valence electrons. The molecule has 2 fully saturated rings. The van der Waals surface area contributed by atoms with E-state index in [1.54, 1.807) is 12.1 Å². The highest BCUT2D eigenvalue weighted by Crippen LogP contribution is 2.58. The monoisotopic (exact) mass is 309 g/mol. The third-order valence-electron chi connectivity index (χ3n) is 5.17. The molecular weight excluding hydrogens is 290 g/mol. The first-order valence-corrected chi connectivity index (χ1v) is 8.01. The van der Waals surface area contributed by atoms with Crippen molar-refractivity contribution in [2.45, 2.75) is 44.1 Å². The van der Waals surface area contributed by atoms with Gasteiger partial charge < -0.3 is 10.2 Å². The Balaban J connectivity index is 1.91. The Morgan fingerprint density at radius 2 is 1.83 bits per heavy atom. The van der Waals surface area contributed by atoms with Crippen molar-refractivity contribution in [3.05, 3.63) is 35.4 Å². The molecule has 0 amide bonds. The first-order valence-electron chi connectivity index (χ1n) is 8.01. The Bertz CT molecular complexity index is 710. The molecule has 0 saturated heterocycles. The summed E-state index contributed by atoms with van der Waals surface area (Å²) in [5.74, 6) is 5.03. The van der Waals surface area contributed by atoms with Crippen molar-refractivity contribution in [1.82, 2.24) is 0 Å². The van der Waals surface area contributed by atoms with Crippen LogP contribution in [0.4, 0.5) is 0 Å². The lowest BCUT2D eigenvalue weighted by Gasteiger charge is -2.33. The average Bonchev–Trinajstić information content (AvgIpc) is 3.18. The van der Waals surface area contributed by atoms with Crippen LogP contribution >= 0.6 is 0 Å². The summed E-state index contributed by atoms with van der Waals surface area (Å²) in [6.45, 7) is 0. The van der Waals surface area contributed by atoms with E-state index in [9.17, 15) is 15.2 Å². The van der Waals surface area contributed by atoms with Crippen molar-refractivity contribution in [2.24, 2.45) is 11.3 Å². The van der Waals surface area contributed by atoms with Gasteiger partial charge in [-0.25, -0.2) is 4.79 Å². The van der Waals surface area contributed by atoms with Crippen molar-refractivity contribution in [3.63, 3.8) is 0 Å². The summed E-state index contributed by atoms with van der Waals surface area (Å²) >= 11 is 0. The highest BCUT2D eigenvalue weighted by molar-refractivity contribution is 5.87. The quantitative estimate of drug-likeness (QED) is 0.841. The van der Waals surface area contributed by atoms with E-state index >= 15 is 0 Å².